The van der Waals surface area contributed by atoms with E-state index in [9.17, 15) is 4.79 Å². The topological polar surface area (TPSA) is 39.4 Å². The summed E-state index contributed by atoms with van der Waals surface area (Å²) in [5.41, 5.74) is 3.77. The molecule has 0 bridgehead atoms. The van der Waals surface area contributed by atoms with E-state index in [2.05, 4.69) is 18.1 Å². The van der Waals surface area contributed by atoms with Gasteiger partial charge < -0.3 is 9.15 Å². The summed E-state index contributed by atoms with van der Waals surface area (Å²) in [5, 5.41) is 0.518. The average molecular weight is 406 g/mol. The third kappa shape index (κ3) is 4.29. The van der Waals surface area contributed by atoms with Crippen LogP contribution in [-0.4, -0.2) is 6.61 Å². The maximum atomic E-state index is 13.1. The maximum absolute atomic E-state index is 13.1. The smallest absolute Gasteiger partial charge is 0.196 e. The largest absolute Gasteiger partial charge is 0.480 e. The molecule has 3 nitrogen and oxygen atoms in total. The highest BCUT2D eigenvalue weighted by Crippen LogP contribution is 2.32. The van der Waals surface area contributed by atoms with Crippen molar-refractivity contribution < 1.29 is 9.15 Å². The van der Waals surface area contributed by atoms with Crippen LogP contribution < -0.4 is 10.2 Å². The van der Waals surface area contributed by atoms with Crippen molar-refractivity contribution in [2.75, 3.05) is 6.61 Å². The van der Waals surface area contributed by atoms with E-state index in [1.54, 1.807) is 19.1 Å². The molecular weight excluding hydrogens is 384 g/mol. The van der Waals surface area contributed by atoms with Crippen molar-refractivity contribution in [1.82, 2.24) is 0 Å². The molecule has 4 rings (SSSR count). The second kappa shape index (κ2) is 9.19. The molecule has 1 aromatic heterocycles. The Morgan fingerprint density at radius 1 is 1.00 bits per heavy atom. The zero-order valence-electron chi connectivity index (χ0n) is 17.3. The Morgan fingerprint density at radius 3 is 2.42 bits per heavy atom. The van der Waals surface area contributed by atoms with Crippen LogP contribution in [0.1, 0.15) is 16.7 Å². The minimum atomic E-state index is -0.0543. The Balaban J connectivity index is 1.88. The third-order valence-electron chi connectivity index (χ3n) is 5.11. The number of hydrogen-bond donors (Lipinski definition) is 0. The highest BCUT2D eigenvalue weighted by Gasteiger charge is 2.17. The molecule has 0 fully saturated rings. The Kier molecular flexibility index (Phi) is 6.01. The fourth-order valence-electron chi connectivity index (χ4n) is 3.55. The molecule has 0 aliphatic rings. The number of allylic oxidation sites excluding steroid dienone is 1. The van der Waals surface area contributed by atoms with Gasteiger partial charge in [0.05, 0.1) is 10.9 Å². The Labute approximate surface area is 181 Å². The van der Waals surface area contributed by atoms with E-state index < -0.39 is 0 Å². The molecule has 0 unspecified atom stereocenters. The fourth-order valence-corrected chi connectivity index (χ4v) is 3.55. The SMILES string of the molecule is C#CCOc1ccc2c(=O)c(C)c(-c3ccccc3)oc2c1/C=C/Cc1ccccc1. The first kappa shape index (κ1) is 20.3. The van der Waals surface area contributed by atoms with Gasteiger partial charge in [0.2, 0.25) is 0 Å². The van der Waals surface area contributed by atoms with Gasteiger partial charge in [0.1, 0.15) is 23.7 Å². The Hall–Kier alpha value is -4.03. The second-order valence-corrected chi connectivity index (χ2v) is 7.19. The van der Waals surface area contributed by atoms with E-state index in [1.165, 1.54) is 5.56 Å². The van der Waals surface area contributed by atoms with Crippen molar-refractivity contribution in [1.29, 1.82) is 0 Å². The van der Waals surface area contributed by atoms with Crippen LogP contribution in [-0.2, 0) is 6.42 Å². The predicted octanol–water partition coefficient (Wildman–Crippen LogP) is 6.04. The zero-order chi connectivity index (χ0) is 21.6. The van der Waals surface area contributed by atoms with Crippen molar-refractivity contribution in [3.05, 3.63) is 106 Å². The van der Waals surface area contributed by atoms with Crippen LogP contribution in [0, 0.1) is 19.3 Å². The van der Waals surface area contributed by atoms with Gasteiger partial charge in [0.25, 0.3) is 0 Å². The van der Waals surface area contributed by atoms with Gasteiger partial charge in [0.15, 0.2) is 5.43 Å². The molecule has 4 aromatic rings. The lowest BCUT2D eigenvalue weighted by atomic mass is 10.0. The van der Waals surface area contributed by atoms with Crippen LogP contribution in [0.15, 0.2) is 88.1 Å². The maximum Gasteiger partial charge on any atom is 0.196 e. The third-order valence-corrected chi connectivity index (χ3v) is 5.11. The molecule has 0 radical (unpaired) electrons. The fraction of sp³-hybridized carbons (Fsp3) is 0.107. The highest BCUT2D eigenvalue weighted by atomic mass is 16.5. The molecule has 0 aliphatic heterocycles. The lowest BCUT2D eigenvalue weighted by Gasteiger charge is -2.12. The molecule has 1 heterocycles. The standard InChI is InChI=1S/C28H22O3/c1-3-19-30-25-18-17-24-26(29)20(2)27(22-14-8-5-9-15-22)31-28(24)23(25)16-10-13-21-11-6-4-7-12-21/h1,4-12,14-18H,13,19H2,2H3/b16-10+. The molecule has 0 atom stereocenters. The van der Waals surface area contributed by atoms with Crippen LogP contribution >= 0.6 is 0 Å². The number of fused-ring (bicyclic) bond motifs is 1. The molecule has 3 heteroatoms. The first-order valence-electron chi connectivity index (χ1n) is 10.1. The zero-order valence-corrected chi connectivity index (χ0v) is 17.3. The molecular formula is C28H22O3. The summed E-state index contributed by atoms with van der Waals surface area (Å²) in [6.45, 7) is 1.92. The summed E-state index contributed by atoms with van der Waals surface area (Å²) in [6.07, 6.45) is 10.1. The summed E-state index contributed by atoms with van der Waals surface area (Å²) < 4.78 is 12.1. The van der Waals surface area contributed by atoms with E-state index in [1.807, 2.05) is 60.7 Å². The first-order valence-corrected chi connectivity index (χ1v) is 10.1. The number of rotatable bonds is 6. The van der Waals surface area contributed by atoms with E-state index in [0.717, 1.165) is 12.0 Å². The van der Waals surface area contributed by atoms with E-state index in [4.69, 9.17) is 15.6 Å². The summed E-state index contributed by atoms with van der Waals surface area (Å²) in [4.78, 5) is 13.1. The van der Waals surface area contributed by atoms with Crippen molar-refractivity contribution >= 4 is 17.0 Å². The lowest BCUT2D eigenvalue weighted by Crippen LogP contribution is -2.08. The van der Waals surface area contributed by atoms with E-state index in [-0.39, 0.29) is 12.0 Å². The van der Waals surface area contributed by atoms with Gasteiger partial charge in [-0.2, -0.15) is 0 Å². The number of hydrogen-bond acceptors (Lipinski definition) is 3. The van der Waals surface area contributed by atoms with Crippen LogP contribution in [0.5, 0.6) is 5.75 Å². The molecule has 0 saturated carbocycles. The quantitative estimate of drug-likeness (QED) is 0.367. The van der Waals surface area contributed by atoms with Crippen LogP contribution in [0.2, 0.25) is 0 Å². The number of terminal acetylenes is 1. The van der Waals surface area contributed by atoms with Crippen LogP contribution in [0.4, 0.5) is 0 Å². The monoisotopic (exact) mass is 406 g/mol. The summed E-state index contributed by atoms with van der Waals surface area (Å²) in [6, 6.07) is 23.3. The summed E-state index contributed by atoms with van der Waals surface area (Å²) in [7, 11) is 0. The molecule has 0 aliphatic carbocycles. The van der Waals surface area contributed by atoms with Crippen molar-refractivity contribution in [2.45, 2.75) is 13.3 Å². The number of benzene rings is 3. The molecule has 0 amide bonds. The van der Waals surface area contributed by atoms with Crippen molar-refractivity contribution in [3.8, 4) is 29.4 Å². The average Bonchev–Trinajstić information content (AvgIpc) is 2.81. The summed E-state index contributed by atoms with van der Waals surface area (Å²) in [5.74, 6) is 3.64. The van der Waals surface area contributed by atoms with Gasteiger partial charge in [0, 0.05) is 11.1 Å². The van der Waals surface area contributed by atoms with E-state index in [0.29, 0.717) is 33.6 Å². The lowest BCUT2D eigenvalue weighted by molar-refractivity contribution is 0.369. The molecule has 152 valence electrons. The van der Waals surface area contributed by atoms with Crippen LogP contribution in [0.3, 0.4) is 0 Å². The van der Waals surface area contributed by atoms with Gasteiger partial charge in [-0.3, -0.25) is 4.79 Å². The minimum Gasteiger partial charge on any atom is -0.480 e. The van der Waals surface area contributed by atoms with Gasteiger partial charge in [-0.25, -0.2) is 0 Å². The van der Waals surface area contributed by atoms with Gasteiger partial charge in [-0.1, -0.05) is 78.7 Å². The van der Waals surface area contributed by atoms with Crippen LogP contribution in [0.25, 0.3) is 28.4 Å². The number of ether oxygens (including phenoxy) is 1. The van der Waals surface area contributed by atoms with Crippen molar-refractivity contribution in [2.24, 2.45) is 0 Å². The van der Waals surface area contributed by atoms with E-state index >= 15 is 0 Å². The molecule has 31 heavy (non-hydrogen) atoms. The van der Waals surface area contributed by atoms with Gasteiger partial charge >= 0.3 is 0 Å². The van der Waals surface area contributed by atoms with Gasteiger partial charge in [-0.05, 0) is 31.0 Å². The Morgan fingerprint density at radius 2 is 1.71 bits per heavy atom. The second-order valence-electron chi connectivity index (χ2n) is 7.19. The molecule has 3 aromatic carbocycles. The Bertz CT molecular complexity index is 1320. The predicted molar refractivity (Wildman–Crippen MR) is 126 cm³/mol. The van der Waals surface area contributed by atoms with Gasteiger partial charge in [-0.15, -0.1) is 6.42 Å². The molecule has 0 N–H and O–H groups in total. The highest BCUT2D eigenvalue weighted by molar-refractivity contribution is 5.90. The first-order chi connectivity index (χ1) is 15.2. The molecule has 0 spiro atoms. The normalized spacial score (nSPS) is 11.0. The summed E-state index contributed by atoms with van der Waals surface area (Å²) >= 11 is 0. The molecule has 0 saturated heterocycles. The van der Waals surface area contributed by atoms with Crippen molar-refractivity contribution in [3.63, 3.8) is 0 Å². The minimum absolute atomic E-state index is 0.0543.